The number of rotatable bonds is 3. The van der Waals surface area contributed by atoms with Gasteiger partial charge in [0, 0.05) is 23.9 Å². The number of nitrogens with one attached hydrogen (secondary N) is 1. The second kappa shape index (κ2) is 5.40. The molecule has 0 aliphatic carbocycles. The van der Waals surface area contributed by atoms with Crippen molar-refractivity contribution in [1.82, 2.24) is 15.1 Å². The largest absolute Gasteiger partial charge is 0.368 e. The molecule has 2 heterocycles. The molecule has 1 aromatic heterocycles. The Kier molecular flexibility index (Phi) is 3.43. The van der Waals surface area contributed by atoms with Gasteiger partial charge in [0.05, 0.1) is 6.20 Å². The number of carbonyl (C=O) groups is 2. The van der Waals surface area contributed by atoms with Gasteiger partial charge < -0.3 is 10.6 Å². The lowest BCUT2D eigenvalue weighted by molar-refractivity contribution is -0.121. The SMILES string of the molecule is NC(=O)[C@H]1CCCN1C(=O)c1cccc(-c2cn[nH]c2)c1. The monoisotopic (exact) mass is 284 g/mol. The van der Waals surface area contributed by atoms with E-state index in [1.165, 1.54) is 0 Å². The average Bonchev–Trinajstić information content (AvgIpc) is 3.17. The maximum absolute atomic E-state index is 12.6. The number of primary amides is 1. The Balaban J connectivity index is 1.88. The number of benzene rings is 1. The third-order valence-electron chi connectivity index (χ3n) is 3.78. The Bertz CT molecular complexity index is 666. The van der Waals surface area contributed by atoms with E-state index in [0.717, 1.165) is 17.5 Å². The molecule has 1 atom stereocenters. The first kappa shape index (κ1) is 13.4. The quantitative estimate of drug-likeness (QED) is 0.886. The molecule has 1 aromatic carbocycles. The van der Waals surface area contributed by atoms with E-state index in [1.54, 1.807) is 23.4 Å². The number of carbonyl (C=O) groups excluding carboxylic acids is 2. The number of hydrogen-bond acceptors (Lipinski definition) is 3. The summed E-state index contributed by atoms with van der Waals surface area (Å²) in [4.78, 5) is 25.6. The Morgan fingerprint density at radius 1 is 1.33 bits per heavy atom. The van der Waals surface area contributed by atoms with E-state index in [4.69, 9.17) is 5.73 Å². The highest BCUT2D eigenvalue weighted by molar-refractivity contribution is 5.98. The van der Waals surface area contributed by atoms with E-state index < -0.39 is 11.9 Å². The maximum atomic E-state index is 12.6. The van der Waals surface area contributed by atoms with Crippen molar-refractivity contribution in [3.05, 3.63) is 42.2 Å². The Labute approximate surface area is 121 Å². The molecule has 1 fully saturated rings. The smallest absolute Gasteiger partial charge is 0.254 e. The van der Waals surface area contributed by atoms with Gasteiger partial charge in [0.25, 0.3) is 5.91 Å². The van der Waals surface area contributed by atoms with Crippen LogP contribution in [0.4, 0.5) is 0 Å². The van der Waals surface area contributed by atoms with E-state index in [1.807, 2.05) is 18.2 Å². The van der Waals surface area contributed by atoms with Crippen molar-refractivity contribution < 1.29 is 9.59 Å². The molecule has 1 aliphatic heterocycles. The van der Waals surface area contributed by atoms with Crippen molar-refractivity contribution >= 4 is 11.8 Å². The summed E-state index contributed by atoms with van der Waals surface area (Å²) in [5, 5.41) is 6.65. The fourth-order valence-corrected chi connectivity index (χ4v) is 2.71. The average molecular weight is 284 g/mol. The van der Waals surface area contributed by atoms with E-state index in [-0.39, 0.29) is 5.91 Å². The van der Waals surface area contributed by atoms with Crippen molar-refractivity contribution in [2.24, 2.45) is 5.73 Å². The minimum Gasteiger partial charge on any atom is -0.368 e. The topological polar surface area (TPSA) is 92.1 Å². The molecule has 0 spiro atoms. The Morgan fingerprint density at radius 2 is 2.19 bits per heavy atom. The summed E-state index contributed by atoms with van der Waals surface area (Å²) in [6.07, 6.45) is 4.92. The van der Waals surface area contributed by atoms with Crippen LogP contribution in [-0.2, 0) is 4.79 Å². The van der Waals surface area contributed by atoms with Gasteiger partial charge in [0.2, 0.25) is 5.91 Å². The molecule has 1 aliphatic rings. The molecule has 0 unspecified atom stereocenters. The molecule has 0 radical (unpaired) electrons. The first-order valence-electron chi connectivity index (χ1n) is 6.86. The van der Waals surface area contributed by atoms with Crippen LogP contribution in [-0.4, -0.2) is 39.5 Å². The highest BCUT2D eigenvalue weighted by atomic mass is 16.2. The van der Waals surface area contributed by atoms with Crippen LogP contribution in [0, 0.1) is 0 Å². The molecule has 2 amide bonds. The molecule has 0 bridgehead atoms. The number of nitrogens with two attached hydrogens (primary N) is 1. The Hall–Kier alpha value is -2.63. The molecule has 1 saturated heterocycles. The summed E-state index contributed by atoms with van der Waals surface area (Å²) in [7, 11) is 0. The highest BCUT2D eigenvalue weighted by Crippen LogP contribution is 2.23. The van der Waals surface area contributed by atoms with E-state index in [2.05, 4.69) is 10.2 Å². The minimum absolute atomic E-state index is 0.151. The fraction of sp³-hybridized carbons (Fsp3) is 0.267. The van der Waals surface area contributed by atoms with Gasteiger partial charge in [0.1, 0.15) is 6.04 Å². The van der Waals surface area contributed by atoms with Crippen LogP contribution in [0.2, 0.25) is 0 Å². The van der Waals surface area contributed by atoms with Crippen LogP contribution in [0.1, 0.15) is 23.2 Å². The standard InChI is InChI=1S/C15H16N4O2/c16-14(20)13-5-2-6-19(13)15(21)11-4-1-3-10(7-11)12-8-17-18-9-12/h1,3-4,7-9,13H,2,5-6H2,(H2,16,20)(H,17,18)/t13-/m1/s1. The number of aromatic nitrogens is 2. The maximum Gasteiger partial charge on any atom is 0.254 e. The van der Waals surface area contributed by atoms with Crippen LogP contribution in [0.5, 0.6) is 0 Å². The molecular formula is C15H16N4O2. The zero-order chi connectivity index (χ0) is 14.8. The predicted molar refractivity (Wildman–Crippen MR) is 77.3 cm³/mol. The molecule has 108 valence electrons. The Morgan fingerprint density at radius 3 is 2.90 bits per heavy atom. The summed E-state index contributed by atoms with van der Waals surface area (Å²) in [6, 6.07) is 6.81. The van der Waals surface area contributed by atoms with Crippen molar-refractivity contribution in [3.63, 3.8) is 0 Å². The predicted octanol–water partition coefficient (Wildman–Crippen LogP) is 1.17. The molecular weight excluding hydrogens is 268 g/mol. The normalized spacial score (nSPS) is 17.9. The molecule has 3 N–H and O–H groups in total. The van der Waals surface area contributed by atoms with Crippen LogP contribution >= 0.6 is 0 Å². The van der Waals surface area contributed by atoms with Gasteiger partial charge in [-0.3, -0.25) is 14.7 Å². The van der Waals surface area contributed by atoms with Crippen LogP contribution in [0.3, 0.4) is 0 Å². The first-order chi connectivity index (χ1) is 10.2. The lowest BCUT2D eigenvalue weighted by Gasteiger charge is -2.22. The van der Waals surface area contributed by atoms with E-state index >= 15 is 0 Å². The third kappa shape index (κ3) is 2.52. The number of likely N-dealkylation sites (tertiary alicyclic amines) is 1. The van der Waals surface area contributed by atoms with Gasteiger partial charge in [0.15, 0.2) is 0 Å². The molecule has 0 saturated carbocycles. The van der Waals surface area contributed by atoms with Crippen molar-refractivity contribution in [2.45, 2.75) is 18.9 Å². The highest BCUT2D eigenvalue weighted by Gasteiger charge is 2.33. The van der Waals surface area contributed by atoms with Gasteiger partial charge in [-0.15, -0.1) is 0 Å². The van der Waals surface area contributed by atoms with Gasteiger partial charge in [-0.1, -0.05) is 12.1 Å². The number of hydrogen-bond donors (Lipinski definition) is 2. The zero-order valence-corrected chi connectivity index (χ0v) is 11.5. The number of H-pyrrole nitrogens is 1. The first-order valence-corrected chi connectivity index (χ1v) is 6.86. The summed E-state index contributed by atoms with van der Waals surface area (Å²) in [6.45, 7) is 0.572. The van der Waals surface area contributed by atoms with Gasteiger partial charge in [-0.2, -0.15) is 5.10 Å². The van der Waals surface area contributed by atoms with Crippen LogP contribution in [0.15, 0.2) is 36.7 Å². The summed E-state index contributed by atoms with van der Waals surface area (Å²) in [5.41, 5.74) is 7.74. The molecule has 6 nitrogen and oxygen atoms in total. The fourth-order valence-electron chi connectivity index (χ4n) is 2.71. The van der Waals surface area contributed by atoms with Crippen molar-refractivity contribution in [1.29, 1.82) is 0 Å². The van der Waals surface area contributed by atoms with Crippen LogP contribution < -0.4 is 5.73 Å². The van der Waals surface area contributed by atoms with Crippen LogP contribution in [0.25, 0.3) is 11.1 Å². The number of amides is 2. The van der Waals surface area contributed by atoms with E-state index in [0.29, 0.717) is 18.5 Å². The second-order valence-corrected chi connectivity index (χ2v) is 5.13. The molecule has 21 heavy (non-hydrogen) atoms. The molecule has 3 rings (SSSR count). The summed E-state index contributed by atoms with van der Waals surface area (Å²) < 4.78 is 0. The second-order valence-electron chi connectivity index (χ2n) is 5.13. The van der Waals surface area contributed by atoms with E-state index in [9.17, 15) is 9.59 Å². The molecule has 2 aromatic rings. The van der Waals surface area contributed by atoms with Crippen molar-refractivity contribution in [3.8, 4) is 11.1 Å². The summed E-state index contributed by atoms with van der Waals surface area (Å²) >= 11 is 0. The summed E-state index contributed by atoms with van der Waals surface area (Å²) in [5.74, 6) is -0.589. The minimum atomic E-state index is -0.491. The third-order valence-corrected chi connectivity index (χ3v) is 3.78. The van der Waals surface area contributed by atoms with Gasteiger partial charge in [-0.25, -0.2) is 0 Å². The molecule has 6 heteroatoms. The zero-order valence-electron chi connectivity index (χ0n) is 11.5. The lowest BCUT2D eigenvalue weighted by Crippen LogP contribution is -2.43. The van der Waals surface area contributed by atoms with Crippen molar-refractivity contribution in [2.75, 3.05) is 6.54 Å². The lowest BCUT2D eigenvalue weighted by atomic mass is 10.1. The number of aromatic amines is 1. The number of nitrogens with zero attached hydrogens (tertiary/aromatic N) is 2. The van der Waals surface area contributed by atoms with Gasteiger partial charge >= 0.3 is 0 Å². The van der Waals surface area contributed by atoms with Gasteiger partial charge in [-0.05, 0) is 30.5 Å².